The number of rotatable bonds is 9. The Morgan fingerprint density at radius 1 is 0.966 bits per heavy atom. The molecular formula is C46H44BClN6O5. The van der Waals surface area contributed by atoms with Gasteiger partial charge in [-0.3, -0.25) is 30.3 Å². The zero-order chi connectivity index (χ0) is 41.3. The van der Waals surface area contributed by atoms with Crippen LogP contribution in [-0.2, 0) is 16.8 Å². The fraction of sp³-hybridized carbons (Fsp3) is 0.239. The van der Waals surface area contributed by atoms with Crippen LogP contribution in [0.15, 0.2) is 114 Å². The number of fused-ring (bicyclic) bond motifs is 3. The smallest absolute Gasteiger partial charge is 0.304 e. The first-order valence-electron chi connectivity index (χ1n) is 19.6. The van der Waals surface area contributed by atoms with E-state index < -0.39 is 6.04 Å². The van der Waals surface area contributed by atoms with Gasteiger partial charge in [0.05, 0.1) is 31.5 Å². The maximum absolute atomic E-state index is 13.7. The third-order valence-electron chi connectivity index (χ3n) is 11.5. The molecule has 0 aromatic heterocycles. The normalized spacial score (nSPS) is 16.6. The number of piperidine rings is 1. The summed E-state index contributed by atoms with van der Waals surface area (Å²) < 4.78 is 11.7. The highest BCUT2D eigenvalue weighted by molar-refractivity contribution is 6.45. The van der Waals surface area contributed by atoms with Gasteiger partial charge in [-0.1, -0.05) is 71.7 Å². The number of carbonyl (C=O) groups excluding carboxylic acids is 2. The highest BCUT2D eigenvalue weighted by Gasteiger charge is 2.44. The molecule has 0 radical (unpaired) electrons. The topological polar surface area (TPSA) is 151 Å². The number of hydrogen-bond acceptors (Lipinski definition) is 8. The predicted octanol–water partition coefficient (Wildman–Crippen LogP) is 6.26. The fourth-order valence-electron chi connectivity index (χ4n) is 8.32. The van der Waals surface area contributed by atoms with E-state index in [1.54, 1.807) is 38.3 Å². The zero-order valence-corrected chi connectivity index (χ0v) is 33.7. The van der Waals surface area contributed by atoms with Gasteiger partial charge >= 0.3 is 7.48 Å². The Morgan fingerprint density at radius 2 is 1.71 bits per heavy atom. The standard InChI is InChI=1S/C46H44BClN6O5/c1-28(49)54-40-15-14-36(58-2)24-37(40)43(30-10-12-35(48)13-11-30)52-39(44(54)50)25-42(55)51-26-29-9-16-41-38(21-29)46(27-59-41)17-19-53(20-18-46)45(56)33-7-3-5-31(22-33)32-6-4-8-34(23-32)47-57/h3-16,21-24,39,47,49-50,57H,17-20,25-27H2,1-2H3,(H,51,55)/t39-/m0/s1. The Hall–Kier alpha value is -6.24. The van der Waals surface area contributed by atoms with Gasteiger partial charge in [-0.05, 0) is 91.1 Å². The van der Waals surface area contributed by atoms with Crippen LogP contribution in [-0.4, -0.2) is 79.5 Å². The number of anilines is 1. The van der Waals surface area contributed by atoms with Gasteiger partial charge in [0.15, 0.2) is 0 Å². The van der Waals surface area contributed by atoms with Gasteiger partial charge in [-0.15, -0.1) is 0 Å². The lowest BCUT2D eigenvalue weighted by atomic mass is 9.74. The molecule has 2 amide bonds. The van der Waals surface area contributed by atoms with Crippen LogP contribution >= 0.6 is 11.6 Å². The van der Waals surface area contributed by atoms with Crippen LogP contribution in [0.25, 0.3) is 11.1 Å². The first-order chi connectivity index (χ1) is 28.6. The summed E-state index contributed by atoms with van der Waals surface area (Å²) in [5.74, 6) is 1.27. The lowest BCUT2D eigenvalue weighted by Crippen LogP contribution is -2.46. The van der Waals surface area contributed by atoms with Crippen molar-refractivity contribution in [3.05, 3.63) is 142 Å². The molecule has 0 unspecified atom stereocenters. The van der Waals surface area contributed by atoms with E-state index in [4.69, 9.17) is 31.5 Å². The molecule has 59 heavy (non-hydrogen) atoms. The summed E-state index contributed by atoms with van der Waals surface area (Å²) in [4.78, 5) is 35.9. The predicted molar refractivity (Wildman–Crippen MR) is 234 cm³/mol. The van der Waals surface area contributed by atoms with E-state index in [0.29, 0.717) is 53.0 Å². The van der Waals surface area contributed by atoms with Crippen molar-refractivity contribution in [2.75, 3.05) is 31.7 Å². The van der Waals surface area contributed by atoms with Gasteiger partial charge in [0.25, 0.3) is 5.91 Å². The molecule has 13 heteroatoms. The Kier molecular flexibility index (Phi) is 11.1. The first kappa shape index (κ1) is 39.6. The molecule has 5 aromatic rings. The molecule has 3 aliphatic heterocycles. The zero-order valence-electron chi connectivity index (χ0n) is 32.9. The van der Waals surface area contributed by atoms with Gasteiger partial charge in [0, 0.05) is 52.3 Å². The van der Waals surface area contributed by atoms with E-state index in [2.05, 4.69) is 11.4 Å². The number of amides is 2. The maximum atomic E-state index is 13.7. The quantitative estimate of drug-likeness (QED) is 0.0785. The van der Waals surface area contributed by atoms with E-state index in [1.165, 1.54) is 4.90 Å². The molecule has 0 bridgehead atoms. The van der Waals surface area contributed by atoms with E-state index >= 15 is 0 Å². The van der Waals surface area contributed by atoms with Gasteiger partial charge in [0.2, 0.25) is 5.91 Å². The van der Waals surface area contributed by atoms with Crippen molar-refractivity contribution in [1.82, 2.24) is 10.2 Å². The minimum Gasteiger partial charge on any atom is -0.497 e. The highest BCUT2D eigenvalue weighted by atomic mass is 35.5. The Morgan fingerprint density at radius 3 is 2.44 bits per heavy atom. The summed E-state index contributed by atoms with van der Waals surface area (Å²) in [6, 6.07) is 33.1. The van der Waals surface area contributed by atoms with Crippen LogP contribution in [0, 0.1) is 10.8 Å². The van der Waals surface area contributed by atoms with Crippen LogP contribution < -0.4 is 25.2 Å². The molecule has 11 nitrogen and oxygen atoms in total. The third-order valence-corrected chi connectivity index (χ3v) is 11.8. The number of methoxy groups -OCH3 is 1. The van der Waals surface area contributed by atoms with Gasteiger partial charge in [0.1, 0.15) is 29.2 Å². The molecule has 0 saturated carbocycles. The third kappa shape index (κ3) is 7.98. The average Bonchev–Trinajstić information content (AvgIpc) is 3.55. The van der Waals surface area contributed by atoms with Gasteiger partial charge in [-0.25, -0.2) is 0 Å². The second-order valence-electron chi connectivity index (χ2n) is 15.3. The molecule has 1 fully saturated rings. The van der Waals surface area contributed by atoms with Crippen molar-refractivity contribution in [3.63, 3.8) is 0 Å². The highest BCUT2D eigenvalue weighted by Crippen LogP contribution is 2.46. The molecule has 3 aliphatic rings. The molecule has 1 spiro atoms. The number of benzene rings is 5. The van der Waals surface area contributed by atoms with Crippen LogP contribution in [0.2, 0.25) is 5.02 Å². The molecular weight excluding hydrogens is 763 g/mol. The maximum Gasteiger partial charge on any atom is 0.304 e. The molecule has 298 valence electrons. The molecule has 1 atom stereocenters. The van der Waals surface area contributed by atoms with Crippen LogP contribution in [0.1, 0.15) is 58.8 Å². The van der Waals surface area contributed by atoms with Crippen molar-refractivity contribution in [2.24, 2.45) is 4.99 Å². The van der Waals surface area contributed by atoms with E-state index in [1.807, 2.05) is 83.8 Å². The number of nitrogens with one attached hydrogen (secondary N) is 3. The molecule has 5 aromatic carbocycles. The Bertz CT molecular complexity index is 2500. The van der Waals surface area contributed by atoms with Gasteiger partial charge < -0.3 is 24.7 Å². The van der Waals surface area contributed by atoms with Crippen LogP contribution in [0.3, 0.4) is 0 Å². The number of aliphatic imine (C=N–C) groups is 1. The molecule has 8 rings (SSSR count). The first-order valence-corrected chi connectivity index (χ1v) is 20.0. The van der Waals surface area contributed by atoms with E-state index in [-0.39, 0.29) is 49.3 Å². The number of halogens is 1. The fourth-order valence-corrected chi connectivity index (χ4v) is 8.44. The molecule has 4 N–H and O–H groups in total. The number of carbonyl (C=O) groups is 2. The van der Waals surface area contributed by atoms with Crippen molar-refractivity contribution >= 4 is 59.4 Å². The van der Waals surface area contributed by atoms with Crippen molar-refractivity contribution in [2.45, 2.75) is 44.2 Å². The summed E-state index contributed by atoms with van der Waals surface area (Å²) >= 11 is 6.23. The summed E-state index contributed by atoms with van der Waals surface area (Å²) in [5.41, 5.74) is 7.68. The van der Waals surface area contributed by atoms with Crippen molar-refractivity contribution in [1.29, 1.82) is 10.8 Å². The van der Waals surface area contributed by atoms with Crippen LogP contribution in [0.4, 0.5) is 5.69 Å². The number of amidine groups is 2. The lowest BCUT2D eigenvalue weighted by Gasteiger charge is -2.38. The monoisotopic (exact) mass is 806 g/mol. The van der Waals surface area contributed by atoms with E-state index in [9.17, 15) is 20.0 Å². The minimum atomic E-state index is -0.885. The van der Waals surface area contributed by atoms with Crippen LogP contribution in [0.5, 0.6) is 11.5 Å². The molecule has 1 saturated heterocycles. The minimum absolute atomic E-state index is 0.00973. The second-order valence-corrected chi connectivity index (χ2v) is 15.7. The number of nitrogens with zero attached hydrogens (tertiary/aromatic N) is 3. The number of ether oxygens (including phenoxy) is 2. The number of hydrogen-bond donors (Lipinski definition) is 4. The summed E-state index contributed by atoms with van der Waals surface area (Å²) in [5, 5.41) is 31.1. The van der Waals surface area contributed by atoms with Gasteiger partial charge in [-0.2, -0.15) is 0 Å². The Labute approximate surface area is 348 Å². The average molecular weight is 807 g/mol. The summed E-state index contributed by atoms with van der Waals surface area (Å²) in [6.45, 7) is 3.58. The second kappa shape index (κ2) is 16.6. The summed E-state index contributed by atoms with van der Waals surface area (Å²) in [7, 11) is 1.54. The van der Waals surface area contributed by atoms with E-state index in [0.717, 1.165) is 51.9 Å². The number of likely N-dealkylation sites (tertiary alicyclic amines) is 1. The number of benzodiazepines with no additional fused rings is 1. The lowest BCUT2D eigenvalue weighted by molar-refractivity contribution is -0.121. The molecule has 0 aliphatic carbocycles. The van der Waals surface area contributed by atoms with Crippen molar-refractivity contribution < 1.29 is 24.1 Å². The largest absolute Gasteiger partial charge is 0.497 e. The van der Waals surface area contributed by atoms with Crippen molar-refractivity contribution in [3.8, 4) is 22.6 Å². The summed E-state index contributed by atoms with van der Waals surface area (Å²) in [6.07, 6.45) is 1.38. The Balaban J connectivity index is 0.957. The molecule has 3 heterocycles. The SMILES string of the molecule is COc1ccc2c(c1)C(c1ccc(Cl)cc1)=N[C@@H](CC(=O)NCc1ccc3c(c1)C1(CCN(C(=O)c4cccc(-c5cccc(BO)c5)c4)CC1)CO3)C(=N)N2C(C)=N.